The molecule has 118 valence electrons. The molecule has 0 aliphatic carbocycles. The molecule has 1 rings (SSSR count). The molecule has 0 radical (unpaired) electrons. The number of halogens is 5. The third-order valence-electron chi connectivity index (χ3n) is 2.76. The highest BCUT2D eigenvalue weighted by Gasteiger charge is 2.32. The maximum absolute atomic E-state index is 13.4. The van der Waals surface area contributed by atoms with Gasteiger partial charge < -0.3 is 16.2 Å². The number of nitrogens with two attached hydrogens (primary N) is 2. The molecule has 1 aromatic rings. The standard InChI is InChI=1S/C12H13F5N2O2/c1-4(3-12(2,19)11(18)20)21-10-8(16)6(14)5(13)7(15)9(10)17/h4H,3,19H2,1-2H3,(H2,18,20). The molecule has 4 nitrogen and oxygen atoms in total. The maximum Gasteiger partial charge on any atom is 0.237 e. The minimum Gasteiger partial charge on any atom is -0.484 e. The van der Waals surface area contributed by atoms with Crippen LogP contribution in [0.1, 0.15) is 20.3 Å². The van der Waals surface area contributed by atoms with E-state index in [2.05, 4.69) is 0 Å². The van der Waals surface area contributed by atoms with Crippen LogP contribution >= 0.6 is 0 Å². The van der Waals surface area contributed by atoms with Gasteiger partial charge in [-0.3, -0.25) is 4.79 Å². The van der Waals surface area contributed by atoms with Gasteiger partial charge in [0.1, 0.15) is 0 Å². The maximum atomic E-state index is 13.4. The molecule has 21 heavy (non-hydrogen) atoms. The van der Waals surface area contributed by atoms with Gasteiger partial charge in [0, 0.05) is 6.42 Å². The van der Waals surface area contributed by atoms with E-state index < -0.39 is 52.4 Å². The molecule has 0 aliphatic rings. The Balaban J connectivity index is 3.07. The molecular formula is C12H13F5N2O2. The van der Waals surface area contributed by atoms with Gasteiger partial charge in [0.15, 0.2) is 5.75 Å². The lowest BCUT2D eigenvalue weighted by Gasteiger charge is -2.25. The topological polar surface area (TPSA) is 78.3 Å². The third-order valence-corrected chi connectivity index (χ3v) is 2.76. The van der Waals surface area contributed by atoms with E-state index >= 15 is 0 Å². The fourth-order valence-corrected chi connectivity index (χ4v) is 1.63. The van der Waals surface area contributed by atoms with Crippen LogP contribution in [0.3, 0.4) is 0 Å². The van der Waals surface area contributed by atoms with Gasteiger partial charge in [0.05, 0.1) is 11.6 Å². The van der Waals surface area contributed by atoms with Crippen LogP contribution in [0.5, 0.6) is 5.75 Å². The SMILES string of the molecule is CC(CC(C)(N)C(N)=O)Oc1c(F)c(F)c(F)c(F)c1F. The van der Waals surface area contributed by atoms with Crippen molar-refractivity contribution in [1.29, 1.82) is 0 Å². The zero-order valence-electron chi connectivity index (χ0n) is 11.1. The van der Waals surface area contributed by atoms with Gasteiger partial charge in [-0.05, 0) is 13.8 Å². The summed E-state index contributed by atoms with van der Waals surface area (Å²) >= 11 is 0. The van der Waals surface area contributed by atoms with Gasteiger partial charge in [0.25, 0.3) is 0 Å². The zero-order valence-corrected chi connectivity index (χ0v) is 11.1. The van der Waals surface area contributed by atoms with E-state index in [1.54, 1.807) is 0 Å². The molecule has 0 bridgehead atoms. The Morgan fingerprint density at radius 2 is 1.48 bits per heavy atom. The largest absolute Gasteiger partial charge is 0.484 e. The quantitative estimate of drug-likeness (QED) is 0.494. The first-order valence-corrected chi connectivity index (χ1v) is 5.76. The summed E-state index contributed by atoms with van der Waals surface area (Å²) in [6.45, 7) is 2.49. The Morgan fingerprint density at radius 3 is 1.86 bits per heavy atom. The fraction of sp³-hybridized carbons (Fsp3) is 0.417. The van der Waals surface area contributed by atoms with E-state index in [1.807, 2.05) is 0 Å². The lowest BCUT2D eigenvalue weighted by Crippen LogP contribution is -2.51. The Kier molecular flexibility index (Phi) is 4.77. The van der Waals surface area contributed by atoms with Gasteiger partial charge in [-0.1, -0.05) is 0 Å². The van der Waals surface area contributed by atoms with E-state index in [4.69, 9.17) is 16.2 Å². The van der Waals surface area contributed by atoms with Crippen LogP contribution in [-0.2, 0) is 4.79 Å². The first-order chi connectivity index (χ1) is 9.49. The van der Waals surface area contributed by atoms with E-state index in [0.29, 0.717) is 0 Å². The molecule has 9 heteroatoms. The van der Waals surface area contributed by atoms with Gasteiger partial charge in [-0.25, -0.2) is 13.2 Å². The predicted octanol–water partition coefficient (Wildman–Crippen LogP) is 1.74. The van der Waals surface area contributed by atoms with Crippen molar-refractivity contribution in [2.75, 3.05) is 0 Å². The number of ether oxygens (including phenoxy) is 1. The molecular weight excluding hydrogens is 299 g/mol. The summed E-state index contributed by atoms with van der Waals surface area (Å²) in [4.78, 5) is 11.0. The van der Waals surface area contributed by atoms with Crippen molar-refractivity contribution in [3.05, 3.63) is 29.1 Å². The van der Waals surface area contributed by atoms with Crippen molar-refractivity contribution in [1.82, 2.24) is 0 Å². The number of amides is 1. The third kappa shape index (κ3) is 3.41. The van der Waals surface area contributed by atoms with Crippen molar-refractivity contribution in [3.8, 4) is 5.75 Å². The minimum absolute atomic E-state index is 0.290. The minimum atomic E-state index is -2.29. The second kappa shape index (κ2) is 5.84. The van der Waals surface area contributed by atoms with Crippen LogP contribution < -0.4 is 16.2 Å². The molecule has 1 amide bonds. The molecule has 0 saturated heterocycles. The monoisotopic (exact) mass is 312 g/mol. The number of hydrogen-bond donors (Lipinski definition) is 2. The van der Waals surface area contributed by atoms with Crippen molar-refractivity contribution in [2.24, 2.45) is 11.5 Å². The molecule has 0 heterocycles. The lowest BCUT2D eigenvalue weighted by molar-refractivity contribution is -0.123. The molecule has 2 unspecified atom stereocenters. The lowest BCUT2D eigenvalue weighted by atomic mass is 9.95. The first kappa shape index (κ1) is 17.2. The van der Waals surface area contributed by atoms with Crippen LogP contribution in [-0.4, -0.2) is 17.6 Å². The van der Waals surface area contributed by atoms with Gasteiger partial charge in [-0.2, -0.15) is 8.78 Å². The number of carbonyl (C=O) groups is 1. The smallest absolute Gasteiger partial charge is 0.237 e. The Bertz CT molecular complexity index is 548. The van der Waals surface area contributed by atoms with Crippen LogP contribution in [0.15, 0.2) is 0 Å². The fourth-order valence-electron chi connectivity index (χ4n) is 1.63. The zero-order chi connectivity index (χ0) is 16.5. The van der Waals surface area contributed by atoms with Crippen molar-refractivity contribution in [3.63, 3.8) is 0 Å². The molecule has 0 saturated carbocycles. The van der Waals surface area contributed by atoms with Crippen molar-refractivity contribution >= 4 is 5.91 Å². The molecule has 1 aromatic carbocycles. The average molecular weight is 312 g/mol. The summed E-state index contributed by atoms with van der Waals surface area (Å²) in [5.74, 6) is -13.1. The number of carbonyl (C=O) groups excluding carboxylic acids is 1. The van der Waals surface area contributed by atoms with Crippen LogP contribution in [0.4, 0.5) is 22.0 Å². The highest BCUT2D eigenvalue weighted by atomic mass is 19.2. The van der Waals surface area contributed by atoms with Crippen LogP contribution in [0.25, 0.3) is 0 Å². The van der Waals surface area contributed by atoms with Crippen LogP contribution in [0, 0.1) is 29.1 Å². The predicted molar refractivity (Wildman–Crippen MR) is 62.7 cm³/mol. The number of primary amides is 1. The molecule has 4 N–H and O–H groups in total. The summed E-state index contributed by atoms with van der Waals surface area (Å²) in [6.07, 6.45) is -1.41. The Labute approximate surface area is 116 Å². The van der Waals surface area contributed by atoms with Gasteiger partial charge in [-0.15, -0.1) is 0 Å². The molecule has 0 aromatic heterocycles. The van der Waals surface area contributed by atoms with Gasteiger partial charge in [0.2, 0.25) is 35.0 Å². The Hall–Kier alpha value is -1.90. The molecule has 2 atom stereocenters. The van der Waals surface area contributed by atoms with E-state index in [9.17, 15) is 26.7 Å². The van der Waals surface area contributed by atoms with Crippen LogP contribution in [0.2, 0.25) is 0 Å². The number of rotatable bonds is 5. The molecule has 0 aliphatic heterocycles. The van der Waals surface area contributed by atoms with Crippen molar-refractivity contribution in [2.45, 2.75) is 31.9 Å². The van der Waals surface area contributed by atoms with E-state index in [0.717, 1.165) is 0 Å². The Morgan fingerprint density at radius 1 is 1.10 bits per heavy atom. The number of hydrogen-bond acceptors (Lipinski definition) is 3. The average Bonchev–Trinajstić information content (AvgIpc) is 2.38. The van der Waals surface area contributed by atoms with E-state index in [1.165, 1.54) is 13.8 Å². The molecule has 0 fully saturated rings. The van der Waals surface area contributed by atoms with Crippen molar-refractivity contribution < 1.29 is 31.5 Å². The van der Waals surface area contributed by atoms with Gasteiger partial charge >= 0.3 is 0 Å². The number of benzene rings is 1. The summed E-state index contributed by atoms with van der Waals surface area (Å²) in [5, 5.41) is 0. The summed E-state index contributed by atoms with van der Waals surface area (Å²) in [7, 11) is 0. The van der Waals surface area contributed by atoms with E-state index in [-0.39, 0.29) is 6.42 Å². The normalized spacial score (nSPS) is 15.4. The first-order valence-electron chi connectivity index (χ1n) is 5.76. The summed E-state index contributed by atoms with van der Waals surface area (Å²) in [5.41, 5.74) is 8.96. The second-order valence-corrected chi connectivity index (χ2v) is 4.81. The highest BCUT2D eigenvalue weighted by Crippen LogP contribution is 2.30. The summed E-state index contributed by atoms with van der Waals surface area (Å²) in [6, 6.07) is 0. The summed E-state index contributed by atoms with van der Waals surface area (Å²) < 4.78 is 70.3. The highest BCUT2D eigenvalue weighted by molar-refractivity contribution is 5.83. The second-order valence-electron chi connectivity index (χ2n) is 4.81. The molecule has 0 spiro atoms.